The van der Waals surface area contributed by atoms with Crippen LogP contribution in [0.1, 0.15) is 30.9 Å². The Balaban J connectivity index is 1.82. The number of halogens is 1. The lowest BCUT2D eigenvalue weighted by Crippen LogP contribution is -2.29. The molecular weight excluding hydrogens is 234 g/mol. The van der Waals surface area contributed by atoms with Crippen LogP contribution in [0, 0.1) is 11.8 Å². The molecule has 1 aromatic carbocycles. The molecule has 0 bridgehead atoms. The zero-order valence-corrected chi connectivity index (χ0v) is 10.8. The number of rotatable bonds is 5. The van der Waals surface area contributed by atoms with E-state index in [2.05, 4.69) is 5.32 Å². The van der Waals surface area contributed by atoms with Crippen molar-refractivity contribution in [1.29, 1.82) is 0 Å². The Hall–Kier alpha value is -1.02. The maximum Gasteiger partial charge on any atom is 0.223 e. The molecule has 1 N–H and O–H groups in total. The molecule has 92 valence electrons. The summed E-state index contributed by atoms with van der Waals surface area (Å²) in [5.74, 6) is 1.49. The normalized spacial score (nSPS) is 16.6. The minimum atomic E-state index is 0.164. The zero-order valence-electron chi connectivity index (χ0n) is 10.1. The van der Waals surface area contributed by atoms with Crippen LogP contribution in [-0.2, 0) is 17.2 Å². The molecule has 0 aromatic heterocycles. The molecule has 1 fully saturated rings. The second-order valence-electron chi connectivity index (χ2n) is 4.79. The number of alkyl halides is 1. The van der Waals surface area contributed by atoms with Gasteiger partial charge in [-0.05, 0) is 29.9 Å². The third-order valence-electron chi connectivity index (χ3n) is 3.39. The lowest BCUT2D eigenvalue weighted by atomic mass is 10.1. The van der Waals surface area contributed by atoms with E-state index in [0.717, 1.165) is 11.1 Å². The van der Waals surface area contributed by atoms with E-state index in [0.29, 0.717) is 18.3 Å². The molecule has 2 rings (SSSR count). The van der Waals surface area contributed by atoms with Crippen LogP contribution in [0.25, 0.3) is 0 Å². The van der Waals surface area contributed by atoms with E-state index in [1.165, 1.54) is 12.8 Å². The number of nitrogens with one attached hydrogen (secondary N) is 1. The number of benzene rings is 1. The largest absolute Gasteiger partial charge is 0.352 e. The highest BCUT2D eigenvalue weighted by molar-refractivity contribution is 6.17. The van der Waals surface area contributed by atoms with E-state index in [4.69, 9.17) is 11.6 Å². The lowest BCUT2D eigenvalue weighted by molar-refractivity contribution is -0.125. The summed E-state index contributed by atoms with van der Waals surface area (Å²) in [4.78, 5) is 11.8. The minimum absolute atomic E-state index is 0.164. The molecule has 0 radical (unpaired) electrons. The van der Waals surface area contributed by atoms with Crippen molar-refractivity contribution in [2.75, 3.05) is 0 Å². The van der Waals surface area contributed by atoms with Gasteiger partial charge < -0.3 is 5.32 Å². The van der Waals surface area contributed by atoms with Crippen LogP contribution in [0.2, 0.25) is 0 Å². The van der Waals surface area contributed by atoms with Gasteiger partial charge in [0.25, 0.3) is 0 Å². The van der Waals surface area contributed by atoms with Crippen molar-refractivity contribution >= 4 is 17.5 Å². The summed E-state index contributed by atoms with van der Waals surface area (Å²) in [6, 6.07) is 8.02. The number of carbonyl (C=O) groups is 1. The Morgan fingerprint density at radius 1 is 1.35 bits per heavy atom. The van der Waals surface area contributed by atoms with Crippen LogP contribution in [0.4, 0.5) is 0 Å². The van der Waals surface area contributed by atoms with Crippen LogP contribution in [0.15, 0.2) is 24.3 Å². The van der Waals surface area contributed by atoms with E-state index in [1.54, 1.807) is 0 Å². The van der Waals surface area contributed by atoms with Crippen molar-refractivity contribution in [1.82, 2.24) is 5.32 Å². The monoisotopic (exact) mass is 251 g/mol. The van der Waals surface area contributed by atoms with Crippen LogP contribution in [-0.4, -0.2) is 5.91 Å². The van der Waals surface area contributed by atoms with Gasteiger partial charge in [-0.25, -0.2) is 0 Å². The van der Waals surface area contributed by atoms with Gasteiger partial charge in [0.05, 0.1) is 0 Å². The first-order valence-electron chi connectivity index (χ1n) is 6.12. The van der Waals surface area contributed by atoms with Gasteiger partial charge >= 0.3 is 0 Å². The van der Waals surface area contributed by atoms with Gasteiger partial charge in [-0.1, -0.05) is 31.2 Å². The third kappa shape index (κ3) is 3.47. The average molecular weight is 252 g/mol. The van der Waals surface area contributed by atoms with Crippen molar-refractivity contribution < 1.29 is 4.79 Å². The van der Waals surface area contributed by atoms with Crippen molar-refractivity contribution in [3.63, 3.8) is 0 Å². The number of hydrogen-bond acceptors (Lipinski definition) is 1. The van der Waals surface area contributed by atoms with Gasteiger partial charge in [0.15, 0.2) is 0 Å². The first-order valence-corrected chi connectivity index (χ1v) is 6.65. The Morgan fingerprint density at radius 3 is 2.47 bits per heavy atom. The predicted octanol–water partition coefficient (Wildman–Crippen LogP) is 3.09. The summed E-state index contributed by atoms with van der Waals surface area (Å²) < 4.78 is 0. The first kappa shape index (κ1) is 12.4. The second kappa shape index (κ2) is 5.54. The summed E-state index contributed by atoms with van der Waals surface area (Å²) in [7, 11) is 0. The average Bonchev–Trinajstić information content (AvgIpc) is 3.20. The van der Waals surface area contributed by atoms with Crippen LogP contribution in [0.5, 0.6) is 0 Å². The lowest BCUT2D eigenvalue weighted by Gasteiger charge is -2.11. The molecule has 1 unspecified atom stereocenters. The molecule has 1 saturated carbocycles. The molecule has 3 heteroatoms. The summed E-state index contributed by atoms with van der Waals surface area (Å²) >= 11 is 5.72. The van der Waals surface area contributed by atoms with Gasteiger partial charge in [-0.2, -0.15) is 0 Å². The fourth-order valence-electron chi connectivity index (χ4n) is 1.91. The first-order chi connectivity index (χ1) is 8.20. The highest BCUT2D eigenvalue weighted by Crippen LogP contribution is 2.36. The van der Waals surface area contributed by atoms with Crippen LogP contribution in [0.3, 0.4) is 0 Å². The fraction of sp³-hybridized carbons (Fsp3) is 0.500. The molecule has 17 heavy (non-hydrogen) atoms. The fourth-order valence-corrected chi connectivity index (χ4v) is 2.08. The van der Waals surface area contributed by atoms with E-state index in [-0.39, 0.29) is 11.8 Å². The van der Waals surface area contributed by atoms with E-state index in [1.807, 2.05) is 31.2 Å². The highest BCUT2D eigenvalue weighted by Gasteiger charge is 2.32. The zero-order chi connectivity index (χ0) is 12.3. The van der Waals surface area contributed by atoms with E-state index < -0.39 is 0 Å². The molecule has 0 aliphatic heterocycles. The van der Waals surface area contributed by atoms with Gasteiger partial charge in [0, 0.05) is 18.3 Å². The molecule has 0 saturated heterocycles. The Bertz CT molecular complexity index is 384. The molecule has 1 amide bonds. The maximum atomic E-state index is 11.8. The van der Waals surface area contributed by atoms with Gasteiger partial charge in [0.1, 0.15) is 0 Å². The van der Waals surface area contributed by atoms with Crippen molar-refractivity contribution in [3.05, 3.63) is 35.4 Å². The molecule has 2 nitrogen and oxygen atoms in total. The van der Waals surface area contributed by atoms with Crippen molar-refractivity contribution in [2.45, 2.75) is 32.2 Å². The van der Waals surface area contributed by atoms with Crippen molar-refractivity contribution in [2.24, 2.45) is 11.8 Å². The SMILES string of the molecule is CC(C(=O)NCc1ccc(CCl)cc1)C1CC1. The third-order valence-corrected chi connectivity index (χ3v) is 3.70. The summed E-state index contributed by atoms with van der Waals surface area (Å²) in [5.41, 5.74) is 2.23. The summed E-state index contributed by atoms with van der Waals surface area (Å²) in [6.45, 7) is 2.63. The van der Waals surface area contributed by atoms with Crippen molar-refractivity contribution in [3.8, 4) is 0 Å². The number of amides is 1. The predicted molar refractivity (Wildman–Crippen MR) is 69.7 cm³/mol. The van der Waals surface area contributed by atoms with E-state index >= 15 is 0 Å². The van der Waals surface area contributed by atoms with Crippen LogP contribution < -0.4 is 5.32 Å². The number of hydrogen-bond donors (Lipinski definition) is 1. The second-order valence-corrected chi connectivity index (χ2v) is 5.06. The van der Waals surface area contributed by atoms with E-state index in [9.17, 15) is 4.79 Å². The topological polar surface area (TPSA) is 29.1 Å². The molecule has 1 atom stereocenters. The smallest absolute Gasteiger partial charge is 0.223 e. The molecule has 1 aliphatic rings. The molecule has 1 aliphatic carbocycles. The highest BCUT2D eigenvalue weighted by atomic mass is 35.5. The van der Waals surface area contributed by atoms with Gasteiger partial charge in [-0.15, -0.1) is 11.6 Å². The van der Waals surface area contributed by atoms with Crippen LogP contribution >= 0.6 is 11.6 Å². The Morgan fingerprint density at radius 2 is 1.94 bits per heavy atom. The molecule has 1 aromatic rings. The summed E-state index contributed by atoms with van der Waals surface area (Å²) in [5, 5.41) is 2.99. The summed E-state index contributed by atoms with van der Waals surface area (Å²) in [6.07, 6.45) is 2.41. The quantitative estimate of drug-likeness (QED) is 0.801. The molecule has 0 heterocycles. The number of carbonyl (C=O) groups excluding carboxylic acids is 1. The van der Waals surface area contributed by atoms with Gasteiger partial charge in [-0.3, -0.25) is 4.79 Å². The standard InChI is InChI=1S/C14H18ClNO/c1-10(13-6-7-13)14(17)16-9-12-4-2-11(8-15)3-5-12/h2-5,10,13H,6-9H2,1H3,(H,16,17). The Kier molecular flexibility index (Phi) is 4.06. The molecule has 0 spiro atoms. The minimum Gasteiger partial charge on any atom is -0.352 e. The maximum absolute atomic E-state index is 11.8. The Labute approximate surface area is 107 Å². The molecular formula is C14H18ClNO. The van der Waals surface area contributed by atoms with Gasteiger partial charge in [0.2, 0.25) is 5.91 Å².